The molecule has 0 N–H and O–H groups in total. The third kappa shape index (κ3) is 1.69. The molecule has 1 aromatic carbocycles. The SMILES string of the molecule is O=C(C1=CCCO1)c1nccc2ccccc12. The molecule has 2 heterocycles. The van der Waals surface area contributed by atoms with E-state index in [9.17, 15) is 4.79 Å². The van der Waals surface area contributed by atoms with Gasteiger partial charge in [-0.05, 0) is 17.5 Å². The van der Waals surface area contributed by atoms with Crippen molar-refractivity contribution in [2.24, 2.45) is 0 Å². The van der Waals surface area contributed by atoms with E-state index in [1.54, 1.807) is 6.20 Å². The molecule has 0 spiro atoms. The van der Waals surface area contributed by atoms with E-state index in [2.05, 4.69) is 4.98 Å². The molecular weight excluding hydrogens is 214 g/mol. The van der Waals surface area contributed by atoms with E-state index in [1.807, 2.05) is 36.4 Å². The third-order valence-electron chi connectivity index (χ3n) is 2.82. The van der Waals surface area contributed by atoms with Crippen LogP contribution in [0.15, 0.2) is 48.4 Å². The number of hydrogen-bond acceptors (Lipinski definition) is 3. The van der Waals surface area contributed by atoms with Gasteiger partial charge < -0.3 is 4.74 Å². The minimum Gasteiger partial charge on any atom is -0.489 e. The Balaban J connectivity index is 2.14. The molecule has 1 aliphatic heterocycles. The molecule has 0 saturated carbocycles. The van der Waals surface area contributed by atoms with Crippen LogP contribution in [-0.4, -0.2) is 17.4 Å². The molecular formula is C14H11NO2. The van der Waals surface area contributed by atoms with Crippen LogP contribution in [0.3, 0.4) is 0 Å². The Morgan fingerprint density at radius 3 is 2.94 bits per heavy atom. The lowest BCUT2D eigenvalue weighted by molar-refractivity contribution is 0.0939. The monoisotopic (exact) mass is 225 g/mol. The molecule has 84 valence electrons. The van der Waals surface area contributed by atoms with Gasteiger partial charge in [0.1, 0.15) is 5.69 Å². The molecule has 0 bridgehead atoms. The first-order valence-corrected chi connectivity index (χ1v) is 5.58. The average molecular weight is 225 g/mol. The van der Waals surface area contributed by atoms with Crippen molar-refractivity contribution in [3.05, 3.63) is 54.1 Å². The number of nitrogens with zero attached hydrogens (tertiary/aromatic N) is 1. The predicted octanol–water partition coefficient (Wildman–Crippen LogP) is 2.72. The van der Waals surface area contributed by atoms with Crippen molar-refractivity contribution in [3.8, 4) is 0 Å². The summed E-state index contributed by atoms with van der Waals surface area (Å²) >= 11 is 0. The lowest BCUT2D eigenvalue weighted by Gasteiger charge is -2.05. The lowest BCUT2D eigenvalue weighted by Crippen LogP contribution is -2.06. The Hall–Kier alpha value is -2.16. The molecule has 1 aliphatic rings. The topological polar surface area (TPSA) is 39.2 Å². The fraction of sp³-hybridized carbons (Fsp3) is 0.143. The summed E-state index contributed by atoms with van der Waals surface area (Å²) in [7, 11) is 0. The number of ketones is 1. The molecule has 0 aliphatic carbocycles. The van der Waals surface area contributed by atoms with Gasteiger partial charge in [-0.25, -0.2) is 0 Å². The quantitative estimate of drug-likeness (QED) is 0.738. The maximum Gasteiger partial charge on any atom is 0.246 e. The van der Waals surface area contributed by atoms with E-state index in [0.717, 1.165) is 17.2 Å². The third-order valence-corrected chi connectivity index (χ3v) is 2.82. The lowest BCUT2D eigenvalue weighted by atomic mass is 10.1. The van der Waals surface area contributed by atoms with Crippen molar-refractivity contribution < 1.29 is 9.53 Å². The van der Waals surface area contributed by atoms with E-state index in [4.69, 9.17) is 4.74 Å². The van der Waals surface area contributed by atoms with Crippen LogP contribution in [0.25, 0.3) is 10.8 Å². The fourth-order valence-corrected chi connectivity index (χ4v) is 1.99. The minimum atomic E-state index is -0.126. The standard InChI is InChI=1S/C14H11NO2/c16-14(12-6-3-9-17-12)13-11-5-2-1-4-10(11)7-8-15-13/h1-2,4-8H,3,9H2. The number of carbonyl (C=O) groups is 1. The van der Waals surface area contributed by atoms with E-state index < -0.39 is 0 Å². The molecule has 0 saturated heterocycles. The van der Waals surface area contributed by atoms with E-state index in [1.165, 1.54) is 0 Å². The van der Waals surface area contributed by atoms with Crippen LogP contribution in [0, 0.1) is 0 Å². The summed E-state index contributed by atoms with van der Waals surface area (Å²) in [6.45, 7) is 0.589. The van der Waals surface area contributed by atoms with Crippen molar-refractivity contribution in [1.82, 2.24) is 4.98 Å². The van der Waals surface area contributed by atoms with Crippen molar-refractivity contribution in [1.29, 1.82) is 0 Å². The zero-order valence-electron chi connectivity index (χ0n) is 9.22. The molecule has 3 nitrogen and oxygen atoms in total. The van der Waals surface area contributed by atoms with Gasteiger partial charge in [-0.3, -0.25) is 9.78 Å². The Kier molecular flexibility index (Phi) is 2.37. The van der Waals surface area contributed by atoms with Crippen molar-refractivity contribution in [2.75, 3.05) is 6.61 Å². The highest BCUT2D eigenvalue weighted by Gasteiger charge is 2.20. The highest BCUT2D eigenvalue weighted by Crippen LogP contribution is 2.21. The van der Waals surface area contributed by atoms with Gasteiger partial charge in [-0.15, -0.1) is 0 Å². The predicted molar refractivity (Wildman–Crippen MR) is 64.7 cm³/mol. The molecule has 3 heteroatoms. The summed E-state index contributed by atoms with van der Waals surface area (Å²) in [5, 5.41) is 1.89. The first-order valence-electron chi connectivity index (χ1n) is 5.58. The van der Waals surface area contributed by atoms with E-state index >= 15 is 0 Å². The first kappa shape index (κ1) is 10.0. The van der Waals surface area contributed by atoms with Gasteiger partial charge in [0.2, 0.25) is 5.78 Å². The molecule has 3 rings (SSSR count). The first-order chi connectivity index (χ1) is 8.36. The summed E-state index contributed by atoms with van der Waals surface area (Å²) in [4.78, 5) is 16.4. The second kappa shape index (κ2) is 4.01. The summed E-state index contributed by atoms with van der Waals surface area (Å²) in [6.07, 6.45) is 4.28. The van der Waals surface area contributed by atoms with Crippen LogP contribution >= 0.6 is 0 Å². The van der Waals surface area contributed by atoms with Crippen molar-refractivity contribution >= 4 is 16.6 Å². The largest absolute Gasteiger partial charge is 0.489 e. The Bertz CT molecular complexity index is 611. The molecule has 0 fully saturated rings. The van der Waals surface area contributed by atoms with Crippen LogP contribution in [0.1, 0.15) is 16.9 Å². The number of hydrogen-bond donors (Lipinski definition) is 0. The molecule has 1 aromatic heterocycles. The van der Waals surface area contributed by atoms with Gasteiger partial charge in [0, 0.05) is 18.0 Å². The minimum absolute atomic E-state index is 0.126. The maximum absolute atomic E-state index is 12.2. The van der Waals surface area contributed by atoms with Crippen molar-refractivity contribution in [2.45, 2.75) is 6.42 Å². The number of Topliss-reactive ketones (excluding diaryl/α,β-unsaturated/α-hetero) is 1. The highest BCUT2D eigenvalue weighted by molar-refractivity contribution is 6.13. The number of allylic oxidation sites excluding steroid dienone is 1. The van der Waals surface area contributed by atoms with Crippen LogP contribution in [0.5, 0.6) is 0 Å². The Labute approximate surface area is 98.7 Å². The molecule has 0 radical (unpaired) electrons. The average Bonchev–Trinajstić information content (AvgIpc) is 2.91. The van der Waals surface area contributed by atoms with Gasteiger partial charge >= 0.3 is 0 Å². The normalized spacial score (nSPS) is 14.5. The van der Waals surface area contributed by atoms with Crippen LogP contribution in [0.2, 0.25) is 0 Å². The number of ether oxygens (including phenoxy) is 1. The van der Waals surface area contributed by atoms with E-state index in [-0.39, 0.29) is 5.78 Å². The number of fused-ring (bicyclic) bond motifs is 1. The van der Waals surface area contributed by atoms with Gasteiger partial charge in [0.05, 0.1) is 6.61 Å². The second-order valence-electron chi connectivity index (χ2n) is 3.92. The van der Waals surface area contributed by atoms with Gasteiger partial charge in [0.25, 0.3) is 0 Å². The fourth-order valence-electron chi connectivity index (χ4n) is 1.99. The van der Waals surface area contributed by atoms with Gasteiger partial charge in [0.15, 0.2) is 5.76 Å². The number of pyridine rings is 1. The summed E-state index contributed by atoms with van der Waals surface area (Å²) < 4.78 is 5.29. The van der Waals surface area contributed by atoms with Crippen LogP contribution in [0.4, 0.5) is 0 Å². The van der Waals surface area contributed by atoms with Crippen LogP contribution in [-0.2, 0) is 4.74 Å². The number of carbonyl (C=O) groups excluding carboxylic acids is 1. The van der Waals surface area contributed by atoms with E-state index in [0.29, 0.717) is 18.1 Å². The molecule has 17 heavy (non-hydrogen) atoms. The molecule has 0 atom stereocenters. The second-order valence-corrected chi connectivity index (χ2v) is 3.92. The molecule has 0 amide bonds. The smallest absolute Gasteiger partial charge is 0.246 e. The number of rotatable bonds is 2. The molecule has 2 aromatic rings. The maximum atomic E-state index is 12.2. The summed E-state index contributed by atoms with van der Waals surface area (Å²) in [5.41, 5.74) is 0.469. The molecule has 0 unspecified atom stereocenters. The Morgan fingerprint density at radius 2 is 2.12 bits per heavy atom. The highest BCUT2D eigenvalue weighted by atomic mass is 16.5. The zero-order chi connectivity index (χ0) is 11.7. The van der Waals surface area contributed by atoms with Crippen LogP contribution < -0.4 is 0 Å². The zero-order valence-corrected chi connectivity index (χ0v) is 9.22. The van der Waals surface area contributed by atoms with Gasteiger partial charge in [-0.1, -0.05) is 24.3 Å². The summed E-state index contributed by atoms with van der Waals surface area (Å²) in [5.74, 6) is 0.299. The summed E-state index contributed by atoms with van der Waals surface area (Å²) in [6, 6.07) is 9.63. The van der Waals surface area contributed by atoms with Gasteiger partial charge in [-0.2, -0.15) is 0 Å². The number of aromatic nitrogens is 1. The van der Waals surface area contributed by atoms with Crippen molar-refractivity contribution in [3.63, 3.8) is 0 Å². The Morgan fingerprint density at radius 1 is 1.24 bits per heavy atom. The number of benzene rings is 1.